The number of urea groups is 1. The molecule has 0 N–H and O–H groups in total. The summed E-state index contributed by atoms with van der Waals surface area (Å²) in [5, 5.41) is 9.26. The predicted molar refractivity (Wildman–Crippen MR) is 112 cm³/mol. The first-order valence-corrected chi connectivity index (χ1v) is 10.5. The lowest BCUT2D eigenvalue weighted by molar-refractivity contribution is 0.0577. The second-order valence-electron chi connectivity index (χ2n) is 9.06. The Balaban J connectivity index is 1.65. The zero-order chi connectivity index (χ0) is 21.6. The molecule has 2 aliphatic heterocycles. The third-order valence-electron chi connectivity index (χ3n) is 6.29. The van der Waals surface area contributed by atoms with Crippen molar-refractivity contribution in [3.05, 3.63) is 35.4 Å². The summed E-state index contributed by atoms with van der Waals surface area (Å²) in [5.41, 5.74) is 2.43. The summed E-state index contributed by atoms with van der Waals surface area (Å²) in [6.07, 6.45) is 5.46. The summed E-state index contributed by atoms with van der Waals surface area (Å²) in [4.78, 5) is 31.0. The molecule has 1 spiro atoms. The molecule has 3 amide bonds. The first kappa shape index (κ1) is 20.4. The first-order valence-electron chi connectivity index (χ1n) is 10.5. The number of hydrogen-bond acceptors (Lipinski definition) is 4. The number of nitrogens with zero attached hydrogens (tertiary/aromatic N) is 7. The minimum Gasteiger partial charge on any atom is -0.332 e. The monoisotopic (exact) mass is 413 g/mol. The van der Waals surface area contributed by atoms with Crippen LogP contribution in [0.4, 0.5) is 4.79 Å². The number of rotatable bonds is 2. The maximum absolute atomic E-state index is 13.2. The Hall–Kier alpha value is -2.84. The topological polar surface area (TPSA) is 79.5 Å². The van der Waals surface area contributed by atoms with Gasteiger partial charge in [0.05, 0.1) is 5.69 Å². The summed E-state index contributed by atoms with van der Waals surface area (Å²) < 4.78 is 3.65. The standard InChI is InChI=1S/C21H31N7O2/c1-15(2)28-13-16-12-27(19(29)17-6-9-25(5)22-17)14-21(18(16)23-28)7-10-26(11-8-21)20(30)24(3)4/h6,9,13,15H,7-8,10-12,14H2,1-5H3. The molecule has 0 aromatic carbocycles. The van der Waals surface area contributed by atoms with Crippen molar-refractivity contribution in [1.82, 2.24) is 34.3 Å². The van der Waals surface area contributed by atoms with Crippen LogP contribution in [0.2, 0.25) is 0 Å². The highest BCUT2D eigenvalue weighted by atomic mass is 16.2. The largest absolute Gasteiger partial charge is 0.332 e. The smallest absolute Gasteiger partial charge is 0.319 e. The van der Waals surface area contributed by atoms with Crippen LogP contribution in [-0.2, 0) is 19.0 Å². The van der Waals surface area contributed by atoms with Gasteiger partial charge in [0.15, 0.2) is 0 Å². The summed E-state index contributed by atoms with van der Waals surface area (Å²) in [6.45, 7) is 6.70. The number of aromatic nitrogens is 4. The van der Waals surface area contributed by atoms with Crippen LogP contribution >= 0.6 is 0 Å². The molecular weight excluding hydrogens is 382 g/mol. The van der Waals surface area contributed by atoms with Crippen LogP contribution in [0.15, 0.2) is 18.5 Å². The lowest BCUT2D eigenvalue weighted by Crippen LogP contribution is -2.55. The molecule has 162 valence electrons. The van der Waals surface area contributed by atoms with Crippen molar-refractivity contribution in [1.29, 1.82) is 0 Å². The van der Waals surface area contributed by atoms with Gasteiger partial charge in [0.1, 0.15) is 5.69 Å². The predicted octanol–water partition coefficient (Wildman–Crippen LogP) is 1.87. The lowest BCUT2D eigenvalue weighted by Gasteiger charge is -2.46. The fourth-order valence-corrected chi connectivity index (χ4v) is 4.60. The lowest BCUT2D eigenvalue weighted by atomic mass is 9.72. The molecule has 9 nitrogen and oxygen atoms in total. The van der Waals surface area contributed by atoms with E-state index in [1.165, 1.54) is 0 Å². The molecule has 2 aliphatic rings. The van der Waals surface area contributed by atoms with Gasteiger partial charge in [0.2, 0.25) is 0 Å². The number of aryl methyl sites for hydroxylation is 1. The molecular formula is C21H31N7O2. The first-order chi connectivity index (χ1) is 14.2. The molecule has 0 atom stereocenters. The molecule has 0 unspecified atom stereocenters. The van der Waals surface area contributed by atoms with Crippen molar-refractivity contribution in [2.24, 2.45) is 7.05 Å². The van der Waals surface area contributed by atoms with Crippen LogP contribution in [0.5, 0.6) is 0 Å². The summed E-state index contributed by atoms with van der Waals surface area (Å²) in [5.74, 6) is -0.0512. The molecule has 0 radical (unpaired) electrons. The van der Waals surface area contributed by atoms with E-state index in [1.54, 1.807) is 35.9 Å². The van der Waals surface area contributed by atoms with Gasteiger partial charge >= 0.3 is 6.03 Å². The third-order valence-corrected chi connectivity index (χ3v) is 6.29. The molecule has 1 saturated heterocycles. The van der Waals surface area contributed by atoms with Crippen LogP contribution in [-0.4, -0.2) is 79.9 Å². The normalized spacial score (nSPS) is 18.1. The molecule has 0 aliphatic carbocycles. The highest BCUT2D eigenvalue weighted by Gasteiger charge is 2.46. The van der Waals surface area contributed by atoms with E-state index < -0.39 is 0 Å². The second-order valence-corrected chi connectivity index (χ2v) is 9.06. The summed E-state index contributed by atoms with van der Waals surface area (Å²) >= 11 is 0. The van der Waals surface area contributed by atoms with Crippen LogP contribution in [0, 0.1) is 0 Å². The van der Waals surface area contributed by atoms with Gasteiger partial charge in [-0.05, 0) is 32.8 Å². The third kappa shape index (κ3) is 3.46. The van der Waals surface area contributed by atoms with Crippen LogP contribution in [0.25, 0.3) is 0 Å². The van der Waals surface area contributed by atoms with E-state index in [0.717, 1.165) is 24.1 Å². The Morgan fingerprint density at radius 1 is 1.13 bits per heavy atom. The quantitative estimate of drug-likeness (QED) is 0.753. The SMILES string of the molecule is CC(C)n1cc2c(n1)C1(CCN(C(=O)N(C)C)CC1)CN(C(=O)c1ccn(C)n1)C2. The van der Waals surface area contributed by atoms with Crippen molar-refractivity contribution in [3.8, 4) is 0 Å². The molecule has 4 rings (SSSR count). The van der Waals surface area contributed by atoms with Crippen molar-refractivity contribution in [2.45, 2.75) is 44.7 Å². The Morgan fingerprint density at radius 3 is 2.40 bits per heavy atom. The van der Waals surface area contributed by atoms with Gasteiger partial charge in [-0.15, -0.1) is 0 Å². The number of likely N-dealkylation sites (tertiary alicyclic amines) is 1. The number of hydrogen-bond donors (Lipinski definition) is 0. The highest BCUT2D eigenvalue weighted by molar-refractivity contribution is 5.92. The van der Waals surface area contributed by atoms with Crippen molar-refractivity contribution < 1.29 is 9.59 Å². The van der Waals surface area contributed by atoms with E-state index >= 15 is 0 Å². The van der Waals surface area contributed by atoms with Crippen LogP contribution in [0.1, 0.15) is 54.5 Å². The Morgan fingerprint density at radius 2 is 1.83 bits per heavy atom. The van der Waals surface area contributed by atoms with E-state index in [2.05, 4.69) is 25.1 Å². The maximum Gasteiger partial charge on any atom is 0.319 e. The van der Waals surface area contributed by atoms with Gasteiger partial charge in [0, 0.05) is 76.7 Å². The fourth-order valence-electron chi connectivity index (χ4n) is 4.60. The molecule has 30 heavy (non-hydrogen) atoms. The van der Waals surface area contributed by atoms with Crippen LogP contribution in [0.3, 0.4) is 0 Å². The molecule has 0 bridgehead atoms. The molecule has 2 aromatic heterocycles. The zero-order valence-electron chi connectivity index (χ0n) is 18.5. The minimum atomic E-state index is -0.235. The van der Waals surface area contributed by atoms with Gasteiger partial charge in [0.25, 0.3) is 5.91 Å². The van der Waals surface area contributed by atoms with Crippen LogP contribution < -0.4 is 0 Å². The molecule has 2 aromatic rings. The highest BCUT2D eigenvalue weighted by Crippen LogP contribution is 2.41. The number of carbonyl (C=O) groups excluding carboxylic acids is 2. The number of carbonyl (C=O) groups is 2. The second kappa shape index (κ2) is 7.45. The zero-order valence-corrected chi connectivity index (χ0v) is 18.5. The molecule has 4 heterocycles. The number of amides is 3. The number of piperidine rings is 1. The molecule has 0 saturated carbocycles. The van der Waals surface area contributed by atoms with E-state index in [9.17, 15) is 9.59 Å². The summed E-state index contributed by atoms with van der Waals surface area (Å²) in [6, 6.07) is 2.05. The fraction of sp³-hybridized carbons (Fsp3) is 0.619. The molecule has 1 fully saturated rings. The van der Waals surface area contributed by atoms with E-state index in [0.29, 0.717) is 31.9 Å². The summed E-state index contributed by atoms with van der Waals surface area (Å²) in [7, 11) is 5.38. The Labute approximate surface area is 177 Å². The van der Waals surface area contributed by atoms with Gasteiger partial charge in [-0.2, -0.15) is 10.2 Å². The van der Waals surface area contributed by atoms with Crippen molar-refractivity contribution >= 4 is 11.9 Å². The maximum atomic E-state index is 13.2. The van der Waals surface area contributed by atoms with Gasteiger partial charge < -0.3 is 14.7 Å². The van der Waals surface area contributed by atoms with E-state index in [4.69, 9.17) is 5.10 Å². The van der Waals surface area contributed by atoms with Gasteiger partial charge in [-0.3, -0.25) is 14.2 Å². The van der Waals surface area contributed by atoms with E-state index in [1.807, 2.05) is 21.5 Å². The average Bonchev–Trinajstić information content (AvgIpc) is 3.34. The Kier molecular flexibility index (Phi) is 5.07. The van der Waals surface area contributed by atoms with Crippen molar-refractivity contribution in [3.63, 3.8) is 0 Å². The minimum absolute atomic E-state index is 0.0370. The number of fused-ring (bicyclic) bond motifs is 2. The van der Waals surface area contributed by atoms with Crippen molar-refractivity contribution in [2.75, 3.05) is 33.7 Å². The molecule has 9 heteroatoms. The average molecular weight is 414 g/mol. The van der Waals surface area contributed by atoms with Gasteiger partial charge in [-0.25, -0.2) is 4.79 Å². The van der Waals surface area contributed by atoms with Gasteiger partial charge in [-0.1, -0.05) is 0 Å². The van der Waals surface area contributed by atoms with E-state index in [-0.39, 0.29) is 23.4 Å². The Bertz CT molecular complexity index is 950.